The van der Waals surface area contributed by atoms with Crippen LogP contribution in [0, 0.1) is 0 Å². The van der Waals surface area contributed by atoms with Crippen LogP contribution in [0.25, 0.3) is 17.0 Å². The number of hydrogen-bond acceptors (Lipinski definition) is 10. The minimum absolute atomic E-state index is 0.116. The monoisotopic (exact) mass is 545 g/mol. The van der Waals surface area contributed by atoms with E-state index in [2.05, 4.69) is 15.2 Å². The van der Waals surface area contributed by atoms with Gasteiger partial charge in [-0.25, -0.2) is 13.8 Å². The third-order valence-corrected chi connectivity index (χ3v) is 7.14. The first-order valence-electron chi connectivity index (χ1n) is 13.5. The molecule has 39 heavy (non-hydrogen) atoms. The summed E-state index contributed by atoms with van der Waals surface area (Å²) in [6.45, 7) is 5.43. The molecule has 2 saturated heterocycles. The van der Waals surface area contributed by atoms with E-state index in [-0.39, 0.29) is 12.0 Å². The van der Waals surface area contributed by atoms with E-state index in [0.717, 1.165) is 38.9 Å². The molecule has 11 nitrogen and oxygen atoms in total. The summed E-state index contributed by atoms with van der Waals surface area (Å²) in [6, 6.07) is 5.52. The quantitative estimate of drug-likeness (QED) is 0.383. The van der Waals surface area contributed by atoms with Gasteiger partial charge in [-0.1, -0.05) is 6.07 Å². The third-order valence-electron chi connectivity index (χ3n) is 7.14. The van der Waals surface area contributed by atoms with E-state index in [1.807, 2.05) is 30.9 Å². The van der Waals surface area contributed by atoms with E-state index < -0.39 is 12.2 Å². The fourth-order valence-corrected chi connectivity index (χ4v) is 4.99. The number of morpholine rings is 1. The first kappa shape index (κ1) is 27.4. The lowest BCUT2D eigenvalue weighted by atomic mass is 10.1. The number of alkyl halides is 2. The SMILES string of the molecule is CN(C)CCCOc1cccc2c1nc(C(F)F)n2-c1nc(N2CCOCC2)nc(N(C)C2CCNCC2)n1. The fourth-order valence-electron chi connectivity index (χ4n) is 4.99. The smallest absolute Gasteiger partial charge is 0.296 e. The molecule has 2 aliphatic rings. The van der Waals surface area contributed by atoms with Crippen LogP contribution in [0.5, 0.6) is 5.75 Å². The minimum atomic E-state index is -2.84. The van der Waals surface area contributed by atoms with Crippen LogP contribution in [0.15, 0.2) is 18.2 Å². The molecule has 0 spiro atoms. The number of para-hydroxylation sites is 1. The minimum Gasteiger partial charge on any atom is -0.491 e. The maximum atomic E-state index is 14.4. The van der Waals surface area contributed by atoms with Crippen LogP contribution in [0.1, 0.15) is 31.5 Å². The number of halogens is 2. The van der Waals surface area contributed by atoms with Gasteiger partial charge in [0.25, 0.3) is 6.43 Å². The van der Waals surface area contributed by atoms with Gasteiger partial charge < -0.3 is 29.5 Å². The number of ether oxygens (including phenoxy) is 2. The Morgan fingerprint density at radius 3 is 2.51 bits per heavy atom. The van der Waals surface area contributed by atoms with Gasteiger partial charge in [0.1, 0.15) is 11.3 Å². The van der Waals surface area contributed by atoms with Crippen LogP contribution in [0.3, 0.4) is 0 Å². The van der Waals surface area contributed by atoms with E-state index in [1.54, 1.807) is 18.2 Å². The van der Waals surface area contributed by atoms with E-state index >= 15 is 0 Å². The van der Waals surface area contributed by atoms with E-state index in [1.165, 1.54) is 4.57 Å². The van der Waals surface area contributed by atoms with E-state index in [9.17, 15) is 8.78 Å². The Balaban J connectivity index is 1.58. The zero-order chi connectivity index (χ0) is 27.4. The molecule has 3 aromatic rings. The number of nitrogens with one attached hydrogen (secondary N) is 1. The maximum absolute atomic E-state index is 14.4. The van der Waals surface area contributed by atoms with Crippen molar-refractivity contribution in [1.29, 1.82) is 0 Å². The first-order valence-corrected chi connectivity index (χ1v) is 13.5. The second-order valence-corrected chi connectivity index (χ2v) is 10.2. The summed E-state index contributed by atoms with van der Waals surface area (Å²) in [5.74, 6) is 1.04. The van der Waals surface area contributed by atoms with Gasteiger partial charge >= 0.3 is 0 Å². The Morgan fingerprint density at radius 1 is 1.05 bits per heavy atom. The molecule has 4 heterocycles. The summed E-state index contributed by atoms with van der Waals surface area (Å²) < 4.78 is 41.7. The summed E-state index contributed by atoms with van der Waals surface area (Å²) in [6.07, 6.45) is -0.160. The van der Waals surface area contributed by atoms with Gasteiger partial charge in [0, 0.05) is 32.7 Å². The number of rotatable bonds is 10. The number of imidazole rings is 1. The van der Waals surface area contributed by atoms with E-state index in [0.29, 0.717) is 61.6 Å². The lowest BCUT2D eigenvalue weighted by Crippen LogP contribution is -2.42. The Labute approximate surface area is 227 Å². The predicted molar refractivity (Wildman–Crippen MR) is 145 cm³/mol. The van der Waals surface area contributed by atoms with Gasteiger partial charge in [0.05, 0.1) is 25.3 Å². The lowest BCUT2D eigenvalue weighted by Gasteiger charge is -2.33. The Hall–Kier alpha value is -3.16. The van der Waals surface area contributed by atoms with Crippen LogP contribution < -0.4 is 19.9 Å². The molecule has 5 rings (SSSR count). The second kappa shape index (κ2) is 12.3. The number of nitrogens with zero attached hydrogens (tertiary/aromatic N) is 8. The van der Waals surface area contributed by atoms with Crippen molar-refractivity contribution in [3.05, 3.63) is 24.0 Å². The zero-order valence-electron chi connectivity index (χ0n) is 22.8. The predicted octanol–water partition coefficient (Wildman–Crippen LogP) is 2.50. The van der Waals surface area contributed by atoms with Crippen molar-refractivity contribution in [2.45, 2.75) is 31.7 Å². The summed E-state index contributed by atoms with van der Waals surface area (Å²) in [4.78, 5) is 24.7. The number of benzene rings is 1. The number of hydrogen-bond donors (Lipinski definition) is 1. The molecule has 212 valence electrons. The van der Waals surface area contributed by atoms with Crippen molar-refractivity contribution in [2.75, 3.05) is 83.5 Å². The molecule has 0 atom stereocenters. The van der Waals surface area contributed by atoms with Crippen molar-refractivity contribution in [2.24, 2.45) is 0 Å². The van der Waals surface area contributed by atoms with Gasteiger partial charge in [0.15, 0.2) is 5.82 Å². The average molecular weight is 546 g/mol. The standard InChI is InChI=1S/C26H37F2N9O2/c1-34(2)12-5-15-39-20-7-4-6-19-21(20)30-23(22(27)28)37(19)26-32-24(35(3)18-8-10-29-11-9-18)31-25(33-26)36-13-16-38-17-14-36/h4,6-7,18,22,29H,5,8-17H2,1-3H3. The van der Waals surface area contributed by atoms with Gasteiger partial charge in [-0.3, -0.25) is 4.57 Å². The van der Waals surface area contributed by atoms with Crippen LogP contribution in [0.2, 0.25) is 0 Å². The molecule has 0 aliphatic carbocycles. The van der Waals surface area contributed by atoms with Crippen molar-refractivity contribution in [3.8, 4) is 11.7 Å². The normalized spacial score (nSPS) is 16.9. The van der Waals surface area contributed by atoms with Crippen molar-refractivity contribution in [3.63, 3.8) is 0 Å². The highest BCUT2D eigenvalue weighted by molar-refractivity contribution is 5.84. The van der Waals surface area contributed by atoms with E-state index in [4.69, 9.17) is 24.4 Å². The Kier molecular flexibility index (Phi) is 8.68. The molecular weight excluding hydrogens is 508 g/mol. The second-order valence-electron chi connectivity index (χ2n) is 10.2. The summed E-state index contributed by atoms with van der Waals surface area (Å²) in [5.41, 5.74) is 0.823. The Bertz CT molecular complexity index is 1240. The summed E-state index contributed by atoms with van der Waals surface area (Å²) in [5, 5.41) is 3.37. The molecule has 2 fully saturated rings. The number of anilines is 2. The van der Waals surface area contributed by atoms with Gasteiger partial charge in [-0.2, -0.15) is 15.0 Å². The molecule has 0 bridgehead atoms. The lowest BCUT2D eigenvalue weighted by molar-refractivity contribution is 0.122. The van der Waals surface area contributed by atoms with Gasteiger partial charge in [-0.15, -0.1) is 0 Å². The molecular formula is C26H37F2N9O2. The number of aromatic nitrogens is 5. The summed E-state index contributed by atoms with van der Waals surface area (Å²) >= 11 is 0. The molecule has 2 aliphatic heterocycles. The van der Waals surface area contributed by atoms with Crippen LogP contribution in [-0.2, 0) is 4.74 Å². The van der Waals surface area contributed by atoms with Gasteiger partial charge in [-0.05, 0) is 58.6 Å². The molecule has 13 heteroatoms. The molecule has 1 N–H and O–H groups in total. The molecule has 0 radical (unpaired) electrons. The average Bonchev–Trinajstić information content (AvgIpc) is 3.36. The topological polar surface area (TPSA) is 96.7 Å². The molecule has 0 unspecified atom stereocenters. The number of fused-ring (bicyclic) bond motifs is 1. The summed E-state index contributed by atoms with van der Waals surface area (Å²) in [7, 11) is 5.94. The van der Waals surface area contributed by atoms with Crippen LogP contribution >= 0.6 is 0 Å². The van der Waals surface area contributed by atoms with Crippen molar-refractivity contribution in [1.82, 2.24) is 34.7 Å². The number of piperidine rings is 1. The highest BCUT2D eigenvalue weighted by Gasteiger charge is 2.28. The highest BCUT2D eigenvalue weighted by Crippen LogP contribution is 2.33. The largest absolute Gasteiger partial charge is 0.491 e. The zero-order valence-corrected chi connectivity index (χ0v) is 22.8. The van der Waals surface area contributed by atoms with Crippen LogP contribution in [0.4, 0.5) is 20.7 Å². The molecule has 0 amide bonds. The Morgan fingerprint density at radius 2 is 1.79 bits per heavy atom. The van der Waals surface area contributed by atoms with Gasteiger partial charge in [0.2, 0.25) is 17.8 Å². The highest BCUT2D eigenvalue weighted by atomic mass is 19.3. The molecule has 1 aromatic carbocycles. The molecule has 0 saturated carbocycles. The maximum Gasteiger partial charge on any atom is 0.296 e. The van der Waals surface area contributed by atoms with Crippen molar-refractivity contribution < 1.29 is 18.3 Å². The van der Waals surface area contributed by atoms with Crippen LogP contribution in [-0.4, -0.2) is 109 Å². The fraction of sp³-hybridized carbons (Fsp3) is 0.615. The van der Waals surface area contributed by atoms with Crippen molar-refractivity contribution >= 4 is 22.9 Å². The third kappa shape index (κ3) is 6.20. The first-order chi connectivity index (χ1) is 18.9. The molecule has 2 aromatic heterocycles.